The van der Waals surface area contributed by atoms with E-state index in [1.54, 1.807) is 33.4 Å². The van der Waals surface area contributed by atoms with Crippen LogP contribution in [0.3, 0.4) is 0 Å². The molecule has 5 atom stereocenters. The molecular weight excluding hydrogens is 749 g/mol. The van der Waals surface area contributed by atoms with Crippen LogP contribution in [-0.4, -0.2) is 105 Å². The molecule has 1 aliphatic rings. The van der Waals surface area contributed by atoms with Crippen molar-refractivity contribution in [1.82, 2.24) is 40.8 Å². The Kier molecular flexibility index (Phi) is 15.5. The van der Waals surface area contributed by atoms with Gasteiger partial charge in [0.15, 0.2) is 0 Å². The summed E-state index contributed by atoms with van der Waals surface area (Å²) >= 11 is 0. The second-order valence-corrected chi connectivity index (χ2v) is 16.2. The number of ether oxygens (including phenoxy) is 1. The van der Waals surface area contributed by atoms with E-state index in [0.717, 1.165) is 27.9 Å². The first-order chi connectivity index (χ1) is 28.3. The number of rotatable bonds is 18. The number of carbonyl (C=O) groups excluding carboxylic acids is 4. The van der Waals surface area contributed by atoms with Crippen LogP contribution in [0.15, 0.2) is 104 Å². The van der Waals surface area contributed by atoms with Gasteiger partial charge in [0.2, 0.25) is 5.91 Å². The van der Waals surface area contributed by atoms with E-state index in [1.807, 2.05) is 120 Å². The Morgan fingerprint density at radius 3 is 2.22 bits per heavy atom. The number of hydrogen-bond acceptors (Lipinski definition) is 9. The summed E-state index contributed by atoms with van der Waals surface area (Å²) in [7, 11) is 1.23. The monoisotopic (exact) mass is 806 g/mol. The lowest BCUT2D eigenvalue weighted by Crippen LogP contribution is -2.60. The number of amides is 5. The smallest absolute Gasteiger partial charge is 0.407 e. The summed E-state index contributed by atoms with van der Waals surface area (Å²) in [6.07, 6.45) is 4.10. The number of carbonyl (C=O) groups is 4. The zero-order valence-corrected chi connectivity index (χ0v) is 34.9. The van der Waals surface area contributed by atoms with E-state index >= 15 is 0 Å². The van der Waals surface area contributed by atoms with Crippen molar-refractivity contribution in [3.63, 3.8) is 0 Å². The Hall–Kier alpha value is -5.86. The number of benzene rings is 2. The molecule has 14 nitrogen and oxygen atoms in total. The first-order valence-corrected chi connectivity index (χ1v) is 20.1. The lowest BCUT2D eigenvalue weighted by Gasteiger charge is -2.36. The van der Waals surface area contributed by atoms with E-state index in [1.165, 1.54) is 7.11 Å². The molecule has 1 aliphatic heterocycles. The third kappa shape index (κ3) is 12.3. The minimum atomic E-state index is -1.21. The fourth-order valence-electron chi connectivity index (χ4n) is 7.18. The highest BCUT2D eigenvalue weighted by Gasteiger charge is 2.41. The topological polar surface area (TPSA) is 169 Å². The number of pyridine rings is 2. The van der Waals surface area contributed by atoms with Crippen LogP contribution in [-0.2, 0) is 33.8 Å². The molecule has 4 aromatic rings. The maximum absolute atomic E-state index is 14.5. The van der Waals surface area contributed by atoms with E-state index in [9.17, 15) is 24.3 Å². The first-order valence-electron chi connectivity index (χ1n) is 20.1. The van der Waals surface area contributed by atoms with E-state index in [4.69, 9.17) is 4.74 Å². The van der Waals surface area contributed by atoms with Gasteiger partial charge in [0.1, 0.15) is 12.1 Å². The average molecular weight is 807 g/mol. The second-order valence-electron chi connectivity index (χ2n) is 16.2. The van der Waals surface area contributed by atoms with Crippen LogP contribution in [0.25, 0.3) is 11.3 Å². The summed E-state index contributed by atoms with van der Waals surface area (Å²) in [5.74, 6) is -1.07. The predicted molar refractivity (Wildman–Crippen MR) is 225 cm³/mol. The van der Waals surface area contributed by atoms with Crippen LogP contribution < -0.4 is 16.1 Å². The van der Waals surface area contributed by atoms with Crippen molar-refractivity contribution >= 4 is 23.9 Å². The maximum atomic E-state index is 14.5. The Bertz CT molecular complexity index is 1960. The SMILES string of the molecule is CCC(C)[C@@H](C(=O)N[C@H](Cc1ccccc1)[C@@H](O)CN(Cc1ccc(-c2ccccn2)cc1)NC(=O)[C@@H](NC(=O)OC)C(C)(C)C)N1CCN(Cc2cccnc2)C1=O. The van der Waals surface area contributed by atoms with E-state index in [-0.39, 0.29) is 37.4 Å². The normalized spacial score (nSPS) is 15.6. The van der Waals surface area contributed by atoms with Crippen molar-refractivity contribution in [3.8, 4) is 11.3 Å². The number of hydrogen-bond donors (Lipinski definition) is 4. The number of nitrogens with one attached hydrogen (secondary N) is 3. The lowest BCUT2D eigenvalue weighted by atomic mass is 9.86. The van der Waals surface area contributed by atoms with Crippen LogP contribution >= 0.6 is 0 Å². The van der Waals surface area contributed by atoms with Gasteiger partial charge in [-0.1, -0.05) is 108 Å². The summed E-state index contributed by atoms with van der Waals surface area (Å²) in [4.78, 5) is 66.6. The molecule has 2 aromatic heterocycles. The van der Waals surface area contributed by atoms with Gasteiger partial charge < -0.3 is 30.3 Å². The molecule has 0 aliphatic carbocycles. The Morgan fingerprint density at radius 1 is 0.881 bits per heavy atom. The van der Waals surface area contributed by atoms with Gasteiger partial charge in [-0.15, -0.1) is 0 Å². The standard InChI is InChI=1S/C45H58N8O6/c1-7-31(2)39(53-25-24-51(44(53)58)28-34-16-13-22-46-27-34)41(55)48-37(26-32-14-9-8-10-15-32)38(54)30-52(50-42(56)40(45(3,4)5)49-43(57)59-6)29-33-18-20-35(21-19-33)36-17-11-12-23-47-36/h8-23,27,31,37-40,54H,7,24-26,28-30H2,1-6H3,(H,48,55)(H,49,57)(H,50,56)/t31?,37-,38+,39+,40-/m1/s1. The highest BCUT2D eigenvalue weighted by atomic mass is 16.5. The fourth-order valence-corrected chi connectivity index (χ4v) is 7.18. The number of aliphatic hydroxyl groups is 1. The van der Waals surface area contributed by atoms with E-state index in [0.29, 0.717) is 26.1 Å². The second kappa shape index (κ2) is 20.7. The molecule has 5 rings (SSSR count). The molecule has 0 saturated carbocycles. The maximum Gasteiger partial charge on any atom is 0.407 e. The van der Waals surface area contributed by atoms with Crippen LogP contribution in [0, 0.1) is 11.3 Å². The average Bonchev–Trinajstić information content (AvgIpc) is 3.58. The Labute approximate surface area is 347 Å². The van der Waals surface area contributed by atoms with Gasteiger partial charge in [0.05, 0.1) is 24.9 Å². The Morgan fingerprint density at radius 2 is 1.59 bits per heavy atom. The van der Waals surface area contributed by atoms with Gasteiger partial charge >= 0.3 is 12.1 Å². The van der Waals surface area contributed by atoms with Gasteiger partial charge in [-0.2, -0.15) is 0 Å². The highest BCUT2D eigenvalue weighted by molar-refractivity contribution is 5.88. The Balaban J connectivity index is 1.41. The first kappa shape index (κ1) is 44.2. The van der Waals surface area contributed by atoms with Gasteiger partial charge in [-0.25, -0.2) is 14.6 Å². The lowest BCUT2D eigenvalue weighted by molar-refractivity contribution is -0.132. The molecular formula is C45H58N8O6. The van der Waals surface area contributed by atoms with Gasteiger partial charge in [0.25, 0.3) is 5.91 Å². The van der Waals surface area contributed by atoms with Crippen LogP contribution in [0.2, 0.25) is 0 Å². The zero-order chi connectivity index (χ0) is 42.5. The summed E-state index contributed by atoms with van der Waals surface area (Å²) in [6, 6.07) is 23.9. The molecule has 0 radical (unpaired) electrons. The predicted octanol–water partition coefficient (Wildman–Crippen LogP) is 5.19. The number of aliphatic hydroxyl groups excluding tert-OH is 1. The van der Waals surface area contributed by atoms with Gasteiger partial charge in [-0.3, -0.25) is 25.0 Å². The summed E-state index contributed by atoms with van der Waals surface area (Å²) in [5, 5.41) is 19.5. The molecule has 1 fully saturated rings. The molecule has 314 valence electrons. The molecule has 0 bridgehead atoms. The third-order valence-corrected chi connectivity index (χ3v) is 10.6. The fraction of sp³-hybridized carbons (Fsp3) is 0.422. The summed E-state index contributed by atoms with van der Waals surface area (Å²) in [5.41, 5.74) is 6.58. The van der Waals surface area contributed by atoms with Crippen molar-refractivity contribution in [1.29, 1.82) is 0 Å². The molecule has 14 heteroatoms. The van der Waals surface area contributed by atoms with Crippen molar-refractivity contribution in [3.05, 3.63) is 120 Å². The quantitative estimate of drug-likeness (QED) is 0.0990. The number of hydrazine groups is 1. The van der Waals surface area contributed by atoms with Crippen LogP contribution in [0.5, 0.6) is 0 Å². The van der Waals surface area contributed by atoms with Gasteiger partial charge in [0, 0.05) is 56.9 Å². The largest absolute Gasteiger partial charge is 0.453 e. The van der Waals surface area contributed by atoms with Crippen molar-refractivity contribution in [2.45, 2.75) is 84.8 Å². The van der Waals surface area contributed by atoms with E-state index < -0.39 is 41.6 Å². The molecule has 5 amide bonds. The van der Waals surface area contributed by atoms with Crippen LogP contribution in [0.1, 0.15) is 57.7 Å². The summed E-state index contributed by atoms with van der Waals surface area (Å²) in [6.45, 7) is 10.7. The van der Waals surface area contributed by atoms with Crippen molar-refractivity contribution < 1.29 is 29.0 Å². The van der Waals surface area contributed by atoms with Crippen molar-refractivity contribution in [2.75, 3.05) is 26.7 Å². The molecule has 2 aromatic carbocycles. The van der Waals surface area contributed by atoms with E-state index in [2.05, 4.69) is 26.0 Å². The summed E-state index contributed by atoms with van der Waals surface area (Å²) < 4.78 is 4.83. The minimum Gasteiger partial charge on any atom is -0.453 e. The molecule has 4 N–H and O–H groups in total. The third-order valence-electron chi connectivity index (χ3n) is 10.6. The molecule has 59 heavy (non-hydrogen) atoms. The molecule has 0 spiro atoms. The minimum absolute atomic E-state index is 0.101. The number of aromatic nitrogens is 2. The number of urea groups is 1. The number of alkyl carbamates (subject to hydrolysis) is 1. The number of methoxy groups -OCH3 is 1. The highest BCUT2D eigenvalue weighted by Crippen LogP contribution is 2.24. The molecule has 3 heterocycles. The van der Waals surface area contributed by atoms with Gasteiger partial charge in [-0.05, 0) is 52.6 Å². The molecule has 1 saturated heterocycles. The molecule has 1 unspecified atom stereocenters. The van der Waals surface area contributed by atoms with Crippen LogP contribution in [0.4, 0.5) is 9.59 Å². The zero-order valence-electron chi connectivity index (χ0n) is 34.9. The van der Waals surface area contributed by atoms with Crippen molar-refractivity contribution in [2.24, 2.45) is 11.3 Å². The number of nitrogens with zero attached hydrogens (tertiary/aromatic N) is 5.